The number of ether oxygens (including phenoxy) is 1. The average Bonchev–Trinajstić information content (AvgIpc) is 1.16. The molecule has 0 aliphatic rings. The quantitative estimate of drug-likeness (QED) is 0.0367. The fraction of sp³-hybridized carbons (Fsp3) is 0.294. The Balaban J connectivity index is 0.000000267. The molecule has 6 aromatic carbocycles. The molecule has 0 aliphatic carbocycles. The van der Waals surface area contributed by atoms with Gasteiger partial charge in [0.15, 0.2) is 0 Å². The fourth-order valence-electron chi connectivity index (χ4n) is 9.85. The maximum absolute atomic E-state index is 13.9. The van der Waals surface area contributed by atoms with E-state index in [-0.39, 0.29) is 78.2 Å². The number of anilines is 4. The van der Waals surface area contributed by atoms with E-state index in [2.05, 4.69) is 90.3 Å². The number of aliphatic hydroxyl groups excluding tert-OH is 2. The van der Waals surface area contributed by atoms with E-state index >= 15 is 0 Å². The summed E-state index contributed by atoms with van der Waals surface area (Å²) in [5.74, 6) is -1.40. The summed E-state index contributed by atoms with van der Waals surface area (Å²) in [4.78, 5) is 12.9. The molecule has 0 spiro atoms. The number of nitrogens with zero attached hydrogens (tertiary/aromatic N) is 12. The van der Waals surface area contributed by atoms with E-state index in [9.17, 15) is 24.4 Å². The van der Waals surface area contributed by atoms with Gasteiger partial charge in [-0.05, 0) is 163 Å². The van der Waals surface area contributed by atoms with Crippen molar-refractivity contribution in [2.75, 3.05) is 65.1 Å². The molecule has 24 heteroatoms. The molecule has 4 heterocycles. The van der Waals surface area contributed by atoms with Gasteiger partial charge in [0.05, 0.1) is 91.4 Å². The van der Waals surface area contributed by atoms with Crippen LogP contribution in [0.3, 0.4) is 0 Å². The maximum atomic E-state index is 13.9. The van der Waals surface area contributed by atoms with E-state index in [0.29, 0.717) is 91.8 Å². The molecular weight excluding hydrogens is 1260 g/mol. The maximum Gasteiger partial charge on any atom is 1.00 e. The van der Waals surface area contributed by atoms with E-state index in [4.69, 9.17) is 56.2 Å². The zero-order chi connectivity index (χ0) is 65.5. The summed E-state index contributed by atoms with van der Waals surface area (Å²) in [6.45, 7) is 11.1. The van der Waals surface area contributed by atoms with E-state index in [1.807, 2.05) is 123 Å². The monoisotopic (exact) mass is 1330 g/mol. The van der Waals surface area contributed by atoms with Crippen LogP contribution >= 0.6 is 46.4 Å². The number of nitrogens with one attached hydrogen (secondary N) is 2. The van der Waals surface area contributed by atoms with Gasteiger partial charge in [-0.3, -0.25) is 9.97 Å². The van der Waals surface area contributed by atoms with Crippen molar-refractivity contribution < 1.29 is 54.7 Å². The van der Waals surface area contributed by atoms with Crippen LogP contribution in [-0.4, -0.2) is 114 Å². The van der Waals surface area contributed by atoms with Gasteiger partial charge in [0.1, 0.15) is 23.8 Å². The normalized spacial score (nSPS) is 11.8. The largest absolute Gasteiger partial charge is 1.00 e. The number of benzene rings is 6. The minimum absolute atomic E-state index is 0. The van der Waals surface area contributed by atoms with E-state index in [1.165, 1.54) is 36.7 Å². The Hall–Kier alpha value is -7.18. The number of pyridine rings is 2. The topological polar surface area (TPSA) is 215 Å². The smallest absolute Gasteiger partial charge is 1.00 e. The van der Waals surface area contributed by atoms with Crippen molar-refractivity contribution in [3.05, 3.63) is 222 Å². The third-order valence-corrected chi connectivity index (χ3v) is 15.8. The van der Waals surface area contributed by atoms with Crippen molar-refractivity contribution in [3.8, 4) is 12.1 Å². The van der Waals surface area contributed by atoms with Crippen LogP contribution in [0.2, 0.25) is 20.1 Å². The molecule has 0 unspecified atom stereocenters. The summed E-state index contributed by atoms with van der Waals surface area (Å²) in [5, 5.41) is 64.0. The van der Waals surface area contributed by atoms with E-state index in [1.54, 1.807) is 12.1 Å². The van der Waals surface area contributed by atoms with Crippen LogP contribution in [0.1, 0.15) is 109 Å². The van der Waals surface area contributed by atoms with Gasteiger partial charge in [0, 0.05) is 83.9 Å². The summed E-state index contributed by atoms with van der Waals surface area (Å²) in [6, 6.07) is 37.0. The van der Waals surface area contributed by atoms with Crippen molar-refractivity contribution in [2.24, 2.45) is 0 Å². The predicted octanol–water partition coefficient (Wildman–Crippen LogP) is 11.9. The number of aromatic nitrogens is 8. The van der Waals surface area contributed by atoms with Gasteiger partial charge in [0.2, 0.25) is 0 Å². The number of nitriles is 2. The third-order valence-electron chi connectivity index (χ3n) is 14.7. The third kappa shape index (κ3) is 19.0. The van der Waals surface area contributed by atoms with E-state index in [0.717, 1.165) is 57.9 Å². The summed E-state index contributed by atoms with van der Waals surface area (Å²) in [5.41, 5.74) is 11.0. The molecule has 10 aromatic rings. The number of aliphatic hydroxyl groups is 2. The molecule has 2 atom stereocenters. The molecule has 0 aliphatic heterocycles. The zero-order valence-electron chi connectivity index (χ0n) is 53.6. The van der Waals surface area contributed by atoms with Crippen molar-refractivity contribution in [1.82, 2.24) is 49.8 Å². The molecular formula is C68H71Cl4F2N14NaO3. The minimum Gasteiger partial charge on any atom is -1.00 e. The molecule has 474 valence electrons. The summed E-state index contributed by atoms with van der Waals surface area (Å²) >= 11 is 25.6. The number of hydrogen-bond acceptors (Lipinski definition) is 15. The molecule has 17 nitrogen and oxygen atoms in total. The van der Waals surface area contributed by atoms with Crippen LogP contribution in [-0.2, 0) is 30.8 Å². The van der Waals surface area contributed by atoms with Crippen molar-refractivity contribution in [2.45, 2.75) is 77.7 Å². The molecule has 92 heavy (non-hydrogen) atoms. The molecule has 0 saturated carbocycles. The molecule has 0 fully saturated rings. The standard InChI is InChI=1S/C34H34Cl2FN7O.C30H25Cl2FN6O.C4H11NO.Na.H/c1-21(2)44-19-32(41-42-44)27(24-7-5-6-22(12-24)20-45-11-10-43(3)4)13-23-14-28-33(40-26-8-9-31(37)29(35)16-26)25(17-38)18-39-34(28)30(36)15-23;1-17(2)39-15-28(37-38-39)23(20-5-3-4-18(8-20)16-40)9-19-10-24-29(36-22-6-7-27(33)25(31)12-22)21(13-34)14-35-30(24)26(32)11-19;1-5(2)3-4-6;;/h5-9,12,14-16,18-19,21,27H,10-11,13,20H2,1-4H3,(H,39,40);3-8,10-12,14-15,17,23,40H,9,16H2,1-2H3,(H,35,36);6H,3-4H2,1-2H3;;/q;;;+1;-1/t27-;23-;;;/m00.../s1. The molecule has 10 rings (SSSR count). The summed E-state index contributed by atoms with van der Waals surface area (Å²) in [6.07, 6.45) is 7.91. The molecule has 0 radical (unpaired) electrons. The van der Waals surface area contributed by atoms with E-state index < -0.39 is 11.6 Å². The summed E-state index contributed by atoms with van der Waals surface area (Å²) in [7, 11) is 7.89. The van der Waals surface area contributed by atoms with Crippen molar-refractivity contribution in [3.63, 3.8) is 0 Å². The van der Waals surface area contributed by atoms with Crippen molar-refractivity contribution in [1.29, 1.82) is 10.5 Å². The Kier molecular flexibility index (Phi) is 26.8. The van der Waals surface area contributed by atoms with Gasteiger partial charge < -0.3 is 36.8 Å². The second-order valence-corrected chi connectivity index (χ2v) is 24.4. The zero-order valence-corrected chi connectivity index (χ0v) is 57.6. The Bertz CT molecular complexity index is 4240. The molecule has 0 saturated heterocycles. The first kappa shape index (κ1) is 72.2. The van der Waals surface area contributed by atoms with Gasteiger partial charge in [-0.25, -0.2) is 18.1 Å². The van der Waals surface area contributed by atoms with Crippen LogP contribution in [0.4, 0.5) is 31.5 Å². The molecule has 0 bridgehead atoms. The SMILES string of the molecule is CC(C)n1cc([C@@H](Cc2cc(Cl)c3ncc(C#N)c(Nc4ccc(F)c(Cl)c4)c3c2)c2cccc(CO)c2)nn1.CC(C)n1cc([C@@H](Cc2cc(Cl)c3ncc(C#N)c(Nc4ccc(F)c(Cl)c4)c3c2)c2cccc(COCCN(C)C)c2)nn1.CN(C)CCO.[H-].[Na+]. The number of halogens is 6. The minimum atomic E-state index is -0.539. The van der Waals surface area contributed by atoms with Gasteiger partial charge in [-0.2, -0.15) is 10.5 Å². The fourth-order valence-corrected chi connectivity index (χ4v) is 10.8. The molecule has 0 amide bonds. The summed E-state index contributed by atoms with van der Waals surface area (Å²) < 4.78 is 37.2. The van der Waals surface area contributed by atoms with Crippen LogP contribution in [0.25, 0.3) is 21.8 Å². The second kappa shape index (κ2) is 34.1. The van der Waals surface area contributed by atoms with Crippen LogP contribution in [0.5, 0.6) is 0 Å². The van der Waals surface area contributed by atoms with Crippen LogP contribution in [0, 0.1) is 34.3 Å². The Labute approximate surface area is 578 Å². The van der Waals surface area contributed by atoms with Crippen molar-refractivity contribution >= 4 is 91.0 Å². The first-order valence-electron chi connectivity index (χ1n) is 29.2. The number of likely N-dealkylation sites (N-methyl/N-ethyl adjacent to an activating group) is 2. The number of fused-ring (bicyclic) bond motifs is 2. The van der Waals surface area contributed by atoms with Gasteiger partial charge in [0.25, 0.3) is 0 Å². The first-order chi connectivity index (χ1) is 43.7. The molecule has 4 aromatic heterocycles. The Morgan fingerprint density at radius 1 is 0.587 bits per heavy atom. The van der Waals surface area contributed by atoms with Crippen LogP contribution < -0.4 is 40.2 Å². The van der Waals surface area contributed by atoms with Gasteiger partial charge in [-0.1, -0.05) is 105 Å². The predicted molar refractivity (Wildman–Crippen MR) is 358 cm³/mol. The van der Waals surface area contributed by atoms with Gasteiger partial charge >= 0.3 is 29.6 Å². The van der Waals surface area contributed by atoms with Gasteiger partial charge in [-0.15, -0.1) is 10.2 Å². The molecule has 4 N–H and O–H groups in total. The van der Waals surface area contributed by atoms with Crippen LogP contribution in [0.15, 0.2) is 134 Å². The average molecular weight is 1340 g/mol. The Morgan fingerprint density at radius 3 is 1.41 bits per heavy atom. The number of hydrogen-bond donors (Lipinski definition) is 4. The first-order valence-corrected chi connectivity index (χ1v) is 30.7. The Morgan fingerprint density at radius 2 is 1.03 bits per heavy atom. The number of rotatable bonds is 22. The second-order valence-electron chi connectivity index (χ2n) is 22.8.